The molecule has 0 bridgehead atoms. The first kappa shape index (κ1) is 17.0. The van der Waals surface area contributed by atoms with Gasteiger partial charge in [0.05, 0.1) is 13.1 Å². The Morgan fingerprint density at radius 1 is 1.42 bits per heavy atom. The second-order valence-corrected chi connectivity index (χ2v) is 6.30. The van der Waals surface area contributed by atoms with Crippen LogP contribution in [-0.2, 0) is 11.3 Å². The molecule has 1 fully saturated rings. The quantitative estimate of drug-likeness (QED) is 0.566. The van der Waals surface area contributed by atoms with Gasteiger partial charge in [0, 0.05) is 19.6 Å². The number of benzene rings is 1. The fourth-order valence-corrected chi connectivity index (χ4v) is 3.14. The second-order valence-electron chi connectivity index (χ2n) is 6.30. The summed E-state index contributed by atoms with van der Waals surface area (Å²) in [4.78, 5) is 16.0. The average molecular weight is 334 g/mol. The van der Waals surface area contributed by atoms with Gasteiger partial charge >= 0.3 is 0 Å². The summed E-state index contributed by atoms with van der Waals surface area (Å²) in [6.45, 7) is 4.78. The van der Waals surface area contributed by atoms with Gasteiger partial charge in [-0.05, 0) is 30.7 Å². The van der Waals surface area contributed by atoms with Gasteiger partial charge in [-0.25, -0.2) is 0 Å². The third-order valence-electron chi connectivity index (χ3n) is 4.53. The van der Waals surface area contributed by atoms with Crippen LogP contribution in [0.3, 0.4) is 0 Å². The molecule has 2 heterocycles. The molecule has 1 aromatic carbocycles. The van der Waals surface area contributed by atoms with E-state index in [1.165, 1.54) is 0 Å². The number of rotatable bonds is 6. The first-order valence-corrected chi connectivity index (χ1v) is 8.44. The third kappa shape index (κ3) is 3.98. The van der Waals surface area contributed by atoms with E-state index in [0.29, 0.717) is 13.1 Å². The summed E-state index contributed by atoms with van der Waals surface area (Å²) >= 11 is 0. The molecule has 132 valence electrons. The molecule has 4 N–H and O–H groups in total. The Hall–Kier alpha value is -1.83. The lowest BCUT2D eigenvalue weighted by atomic mass is 10.1. The molecule has 1 saturated heterocycles. The molecule has 2 atom stereocenters. The lowest BCUT2D eigenvalue weighted by Crippen LogP contribution is -3.11. The Morgan fingerprint density at radius 2 is 2.25 bits per heavy atom. The maximum absolute atomic E-state index is 12.6. The fraction of sp³-hybridized carbons (Fsp3) is 0.529. The van der Waals surface area contributed by atoms with Crippen molar-refractivity contribution in [2.24, 2.45) is 5.73 Å². The van der Waals surface area contributed by atoms with Crippen molar-refractivity contribution in [2.75, 3.05) is 39.5 Å². The molecule has 2 unspecified atom stereocenters. The highest BCUT2D eigenvalue weighted by Gasteiger charge is 2.31. The van der Waals surface area contributed by atoms with Crippen molar-refractivity contribution in [2.45, 2.75) is 19.0 Å². The highest BCUT2D eigenvalue weighted by molar-refractivity contribution is 5.82. The van der Waals surface area contributed by atoms with E-state index in [2.05, 4.69) is 17.3 Å². The zero-order valence-electron chi connectivity index (χ0n) is 13.9. The van der Waals surface area contributed by atoms with Gasteiger partial charge in [0.25, 0.3) is 0 Å². The van der Waals surface area contributed by atoms with Crippen molar-refractivity contribution in [1.29, 1.82) is 0 Å². The van der Waals surface area contributed by atoms with Crippen molar-refractivity contribution in [1.82, 2.24) is 10.2 Å². The van der Waals surface area contributed by atoms with Crippen molar-refractivity contribution >= 4 is 5.91 Å². The number of nitrogens with zero attached hydrogens (tertiary/aromatic N) is 1. The number of hydrogen-bond acceptors (Lipinski definition) is 5. The number of hydrogen-bond donors (Lipinski definition) is 3. The van der Waals surface area contributed by atoms with E-state index >= 15 is 0 Å². The summed E-state index contributed by atoms with van der Waals surface area (Å²) in [7, 11) is 4.06. The minimum atomic E-state index is -0.146. The molecule has 3 rings (SSSR count). The van der Waals surface area contributed by atoms with Crippen LogP contribution in [0.15, 0.2) is 18.2 Å². The Balaban J connectivity index is 1.57. The van der Waals surface area contributed by atoms with E-state index < -0.39 is 0 Å². The molecular formula is C17H26N4O3. The number of amides is 1. The number of nitrogens with one attached hydrogen (secondary N) is 2. The number of fused-ring (bicyclic) bond motifs is 1. The summed E-state index contributed by atoms with van der Waals surface area (Å²) in [6.07, 6.45) is 0.901. The summed E-state index contributed by atoms with van der Waals surface area (Å²) in [5.74, 6) is 1.53. The maximum atomic E-state index is 12.6. The summed E-state index contributed by atoms with van der Waals surface area (Å²) in [6, 6.07) is 5.58. The lowest BCUT2D eigenvalue weighted by molar-refractivity contribution is -0.861. The van der Waals surface area contributed by atoms with Crippen molar-refractivity contribution in [3.05, 3.63) is 30.8 Å². The van der Waals surface area contributed by atoms with Crippen molar-refractivity contribution < 1.29 is 19.2 Å². The van der Waals surface area contributed by atoms with E-state index in [0.717, 1.165) is 54.6 Å². The summed E-state index contributed by atoms with van der Waals surface area (Å²) < 4.78 is 10.7. The Morgan fingerprint density at radius 3 is 3.08 bits per heavy atom. The first-order chi connectivity index (χ1) is 11.7. The van der Waals surface area contributed by atoms with E-state index in [1.807, 2.05) is 18.2 Å². The molecule has 0 radical (unpaired) electrons. The molecule has 1 amide bonds. The minimum absolute atomic E-state index is 0.0468. The Labute approximate surface area is 142 Å². The highest BCUT2D eigenvalue weighted by Crippen LogP contribution is 2.32. The summed E-state index contributed by atoms with van der Waals surface area (Å²) in [5.41, 5.74) is 6.60. The van der Waals surface area contributed by atoms with Crippen LogP contribution in [0.25, 0.3) is 0 Å². The number of nitrogens with two attached hydrogens (primary N) is 1. The normalized spacial score (nSPS) is 23.2. The van der Waals surface area contributed by atoms with Crippen molar-refractivity contribution in [3.8, 4) is 11.5 Å². The predicted octanol–water partition coefficient (Wildman–Crippen LogP) is -1.26. The van der Waals surface area contributed by atoms with E-state index in [1.54, 1.807) is 0 Å². The average Bonchev–Trinajstić information content (AvgIpc) is 3.06. The lowest BCUT2D eigenvalue weighted by Gasteiger charge is -2.39. The van der Waals surface area contributed by atoms with E-state index in [-0.39, 0.29) is 18.7 Å². The number of carbonyl (C=O) groups is 1. The van der Waals surface area contributed by atoms with Crippen molar-refractivity contribution in [3.63, 3.8) is 0 Å². The molecule has 7 heteroatoms. The van der Waals surface area contributed by atoms with Crippen LogP contribution in [0.1, 0.15) is 12.0 Å². The topological polar surface area (TPSA) is 81.3 Å². The standard InChI is InChI=1S/C17H26N4O3/c1-20-7-8-21(6-2-5-18)14(11-20)17(22)19-10-13-3-4-15-16(9-13)24-12-23-15/h3-4,9,14,20H,1-2,5-8,10-12,18H2,(H,19,22). The number of piperazine rings is 1. The van der Waals surface area contributed by atoms with Gasteiger partial charge in [-0.15, -0.1) is 0 Å². The molecule has 24 heavy (non-hydrogen) atoms. The Kier molecular flexibility index (Phi) is 5.55. The van der Waals surface area contributed by atoms with Crippen LogP contribution < -0.4 is 25.4 Å². The van der Waals surface area contributed by atoms with Crippen LogP contribution in [0.2, 0.25) is 0 Å². The molecule has 2 aliphatic heterocycles. The van der Waals surface area contributed by atoms with Crippen LogP contribution >= 0.6 is 0 Å². The molecule has 0 saturated carbocycles. The number of quaternary nitrogens is 1. The van der Waals surface area contributed by atoms with Gasteiger partial charge in [-0.1, -0.05) is 6.07 Å². The van der Waals surface area contributed by atoms with Crippen LogP contribution in [0.4, 0.5) is 0 Å². The van der Waals surface area contributed by atoms with Crippen LogP contribution in [0, 0.1) is 7.05 Å². The summed E-state index contributed by atoms with van der Waals surface area (Å²) in [5, 5.41) is 3.04. The van der Waals surface area contributed by atoms with Gasteiger partial charge in [0.1, 0.15) is 6.04 Å². The largest absolute Gasteiger partial charge is 0.465 e. The van der Waals surface area contributed by atoms with Gasteiger partial charge in [-0.2, -0.15) is 7.05 Å². The molecule has 1 aromatic rings. The van der Waals surface area contributed by atoms with Crippen LogP contribution in [0.5, 0.6) is 11.5 Å². The second kappa shape index (κ2) is 7.83. The van der Waals surface area contributed by atoms with E-state index in [4.69, 9.17) is 15.2 Å². The molecular weight excluding hydrogens is 308 g/mol. The highest BCUT2D eigenvalue weighted by atomic mass is 16.7. The van der Waals surface area contributed by atoms with Gasteiger partial charge < -0.3 is 25.4 Å². The fourth-order valence-electron chi connectivity index (χ4n) is 3.14. The minimum Gasteiger partial charge on any atom is -0.465 e. The van der Waals surface area contributed by atoms with E-state index in [9.17, 15) is 4.79 Å². The Bertz CT molecular complexity index is 579. The third-order valence-corrected chi connectivity index (χ3v) is 4.53. The maximum Gasteiger partial charge on any atom is 0.243 e. The molecule has 0 aromatic heterocycles. The first-order valence-electron chi connectivity index (χ1n) is 8.44. The number of carbonyl (C=O) groups excluding carboxylic acids is 1. The van der Waals surface area contributed by atoms with Gasteiger partial charge in [-0.3, -0.25) is 9.69 Å². The monoisotopic (exact) mass is 334 g/mol. The SMILES string of the molecule is [CH2-][NH+]1CCN(CCCN)C(C(=O)NCc2ccc3c(c2)OCO3)C1. The molecule has 7 nitrogen and oxygen atoms in total. The zero-order chi connectivity index (χ0) is 16.9. The molecule has 0 spiro atoms. The van der Waals surface area contributed by atoms with Gasteiger partial charge in [0.2, 0.25) is 12.7 Å². The molecule has 2 aliphatic rings. The van der Waals surface area contributed by atoms with Crippen LogP contribution in [-0.4, -0.2) is 56.4 Å². The molecule has 0 aliphatic carbocycles. The van der Waals surface area contributed by atoms with Gasteiger partial charge in [0.15, 0.2) is 11.5 Å². The zero-order valence-corrected chi connectivity index (χ0v) is 13.9. The predicted molar refractivity (Wildman–Crippen MR) is 89.5 cm³/mol. The smallest absolute Gasteiger partial charge is 0.243 e. The number of ether oxygens (including phenoxy) is 2.